The van der Waals surface area contributed by atoms with E-state index >= 15 is 0 Å². The summed E-state index contributed by atoms with van der Waals surface area (Å²) in [6, 6.07) is 11.0. The maximum Gasteiger partial charge on any atom is 0.270 e. The Bertz CT molecular complexity index is 1550. The molecule has 1 atom stereocenters. The third kappa shape index (κ3) is 4.74. The van der Waals surface area contributed by atoms with E-state index in [-0.39, 0.29) is 38.6 Å². The number of aromatic nitrogens is 3. The minimum atomic E-state index is -3.60. The molecular weight excluding hydrogens is 529 g/mol. The molecule has 1 aliphatic carbocycles. The Morgan fingerprint density at radius 1 is 1.18 bits per heavy atom. The van der Waals surface area contributed by atoms with Gasteiger partial charge < -0.3 is 16.4 Å². The van der Waals surface area contributed by atoms with Crippen LogP contribution in [0.3, 0.4) is 0 Å². The van der Waals surface area contributed by atoms with Gasteiger partial charge in [0.1, 0.15) is 16.5 Å². The van der Waals surface area contributed by atoms with Crippen molar-refractivity contribution in [1.29, 1.82) is 0 Å². The van der Waals surface area contributed by atoms with E-state index in [1.165, 1.54) is 34.8 Å². The molecule has 2 aromatic heterocycles. The lowest BCUT2D eigenvalue weighted by molar-refractivity contribution is 0.186. The van der Waals surface area contributed by atoms with Gasteiger partial charge in [-0.3, -0.25) is 14.1 Å². The van der Waals surface area contributed by atoms with Crippen LogP contribution in [0, 0.1) is 11.4 Å². The van der Waals surface area contributed by atoms with Gasteiger partial charge in [0.2, 0.25) is 21.9 Å². The van der Waals surface area contributed by atoms with E-state index in [4.69, 9.17) is 11.5 Å². The van der Waals surface area contributed by atoms with Crippen molar-refractivity contribution in [3.63, 3.8) is 0 Å². The lowest BCUT2D eigenvalue weighted by atomic mass is 9.73. The normalized spacial score (nSPS) is 18.5. The summed E-state index contributed by atoms with van der Waals surface area (Å²) in [4.78, 5) is 23.6. The molecule has 0 radical (unpaired) electrons. The van der Waals surface area contributed by atoms with Crippen LogP contribution < -0.4 is 26.6 Å². The number of nitrogens with two attached hydrogens (primary N) is 2. The van der Waals surface area contributed by atoms with Crippen LogP contribution in [0.5, 0.6) is 0 Å². The third-order valence-electron chi connectivity index (χ3n) is 7.55. The maximum absolute atomic E-state index is 14.7. The summed E-state index contributed by atoms with van der Waals surface area (Å²) in [5, 5.41) is 0. The zero-order valence-electron chi connectivity index (χ0n) is 21.1. The van der Waals surface area contributed by atoms with Gasteiger partial charge in [-0.2, -0.15) is 9.37 Å². The first-order valence-corrected chi connectivity index (χ1v) is 14.8. The quantitative estimate of drug-likeness (QED) is 0.388. The van der Waals surface area contributed by atoms with Gasteiger partial charge in [-0.05, 0) is 54.9 Å². The summed E-state index contributed by atoms with van der Waals surface area (Å²) < 4.78 is 41.7. The highest BCUT2D eigenvalue weighted by Crippen LogP contribution is 2.50. The average Bonchev–Trinajstić information content (AvgIpc) is 3.16. The molecule has 5 rings (SSSR count). The molecule has 3 heterocycles. The Morgan fingerprint density at radius 2 is 1.89 bits per heavy atom. The van der Waals surface area contributed by atoms with E-state index in [0.29, 0.717) is 19.0 Å². The molecule has 5 N–H and O–H groups in total. The number of halogens is 1. The van der Waals surface area contributed by atoms with E-state index in [1.807, 2.05) is 17.0 Å². The van der Waals surface area contributed by atoms with Crippen molar-refractivity contribution in [3.05, 3.63) is 63.8 Å². The Kier molecular flexibility index (Phi) is 6.86. The number of fused-ring (bicyclic) bond motifs is 1. The Balaban J connectivity index is 1.34. The lowest BCUT2D eigenvalue weighted by Crippen LogP contribution is -2.46. The van der Waals surface area contributed by atoms with Crippen LogP contribution in [-0.2, 0) is 23.5 Å². The van der Waals surface area contributed by atoms with Gasteiger partial charge in [-0.25, -0.2) is 13.4 Å². The van der Waals surface area contributed by atoms with E-state index in [9.17, 15) is 17.6 Å². The highest BCUT2D eigenvalue weighted by Gasteiger charge is 2.46. The second-order valence-corrected chi connectivity index (χ2v) is 12.8. The molecule has 0 saturated carbocycles. The van der Waals surface area contributed by atoms with E-state index in [0.717, 1.165) is 31.0 Å². The minimum absolute atomic E-state index is 0.00600. The minimum Gasteiger partial charge on any atom is -0.382 e. The molecule has 0 amide bonds. The number of nitrogens with one attached hydrogen (secondary N) is 1. The SMILES string of the molecule is CCS(=O)(=O)Nc1ccc(Sc2c(N)nc(N3CCC4(CC3)Cc3ccccc3[C@H]4N)n(C)c2=O)c(F)n1. The second-order valence-electron chi connectivity index (χ2n) is 9.79. The molecule has 1 fully saturated rings. The molecule has 1 saturated heterocycles. The molecule has 202 valence electrons. The molecule has 38 heavy (non-hydrogen) atoms. The second kappa shape index (κ2) is 9.86. The molecule has 0 bridgehead atoms. The van der Waals surface area contributed by atoms with Crippen molar-refractivity contribution in [2.45, 2.75) is 42.0 Å². The molecule has 0 unspecified atom stereocenters. The first-order valence-electron chi connectivity index (χ1n) is 12.3. The fourth-order valence-electron chi connectivity index (χ4n) is 5.32. The van der Waals surface area contributed by atoms with Crippen LogP contribution in [-0.4, -0.2) is 41.8 Å². The average molecular weight is 560 g/mol. The standard InChI is InChI=1S/C25H30FN7O3S2/c1-3-38(35,36)31-18-9-8-17(21(26)29-18)37-19-22(28)30-24(32(2)23(19)34)33-12-10-25(11-13-33)14-15-6-4-5-7-16(15)20(25)27/h4-9,20H,3,10-14,27-28H2,1-2H3,(H,29,31)/t20-/m1/s1. The van der Waals surface area contributed by atoms with Gasteiger partial charge in [0.25, 0.3) is 5.56 Å². The molecule has 1 spiro atoms. The highest BCUT2D eigenvalue weighted by atomic mass is 32.2. The van der Waals surface area contributed by atoms with Crippen LogP contribution in [0.2, 0.25) is 0 Å². The van der Waals surface area contributed by atoms with E-state index < -0.39 is 21.5 Å². The van der Waals surface area contributed by atoms with Gasteiger partial charge in [0, 0.05) is 26.2 Å². The van der Waals surface area contributed by atoms with E-state index in [2.05, 4.69) is 26.8 Å². The molecule has 1 aromatic carbocycles. The number of sulfonamides is 1. The number of hydrogen-bond acceptors (Lipinski definition) is 9. The molecule has 13 heteroatoms. The van der Waals surface area contributed by atoms with Crippen LogP contribution >= 0.6 is 11.8 Å². The molecule has 10 nitrogen and oxygen atoms in total. The summed E-state index contributed by atoms with van der Waals surface area (Å²) in [6.45, 7) is 2.83. The Morgan fingerprint density at radius 3 is 2.55 bits per heavy atom. The van der Waals surface area contributed by atoms with Gasteiger partial charge in [-0.1, -0.05) is 36.0 Å². The van der Waals surface area contributed by atoms with Gasteiger partial charge in [0.05, 0.1) is 10.6 Å². The van der Waals surface area contributed by atoms with Crippen LogP contribution in [0.1, 0.15) is 36.9 Å². The fraction of sp³-hybridized carbons (Fsp3) is 0.400. The predicted octanol–water partition coefficient (Wildman–Crippen LogP) is 2.65. The van der Waals surface area contributed by atoms with Crippen LogP contribution in [0.15, 0.2) is 51.0 Å². The lowest BCUT2D eigenvalue weighted by Gasteiger charge is -2.42. The van der Waals surface area contributed by atoms with Crippen LogP contribution in [0.4, 0.5) is 22.0 Å². The molecular formula is C25H30FN7O3S2. The maximum atomic E-state index is 14.7. The number of anilines is 3. The number of nitrogens with zero attached hydrogens (tertiary/aromatic N) is 4. The van der Waals surface area contributed by atoms with E-state index in [1.54, 1.807) is 7.05 Å². The first kappa shape index (κ1) is 26.4. The summed E-state index contributed by atoms with van der Waals surface area (Å²) in [5.74, 6) is -0.786. The smallest absolute Gasteiger partial charge is 0.270 e. The first-order chi connectivity index (χ1) is 18.0. The number of benzene rings is 1. The van der Waals surface area contributed by atoms with Crippen molar-refractivity contribution in [2.75, 3.05) is 34.2 Å². The third-order valence-corrected chi connectivity index (χ3v) is 9.95. The number of pyridine rings is 1. The molecule has 1 aliphatic heterocycles. The summed E-state index contributed by atoms with van der Waals surface area (Å²) in [5.41, 5.74) is 15.0. The Hall–Kier alpha value is -3.16. The molecule has 2 aliphatic rings. The summed E-state index contributed by atoms with van der Waals surface area (Å²) in [6.07, 6.45) is 2.67. The fourth-order valence-corrected chi connectivity index (χ4v) is 6.76. The number of rotatable bonds is 6. The zero-order valence-corrected chi connectivity index (χ0v) is 22.8. The monoisotopic (exact) mass is 559 g/mol. The predicted molar refractivity (Wildman–Crippen MR) is 146 cm³/mol. The molecule has 3 aromatic rings. The van der Waals surface area contributed by atoms with Crippen LogP contribution in [0.25, 0.3) is 0 Å². The number of piperidine rings is 1. The van der Waals surface area contributed by atoms with Gasteiger partial charge >= 0.3 is 0 Å². The van der Waals surface area contributed by atoms with Crippen molar-refractivity contribution < 1.29 is 12.8 Å². The van der Waals surface area contributed by atoms with Crippen molar-refractivity contribution >= 4 is 39.4 Å². The van der Waals surface area contributed by atoms with Gasteiger partial charge in [-0.15, -0.1) is 0 Å². The van der Waals surface area contributed by atoms with Crippen molar-refractivity contribution in [3.8, 4) is 0 Å². The summed E-state index contributed by atoms with van der Waals surface area (Å²) >= 11 is 0.807. The largest absolute Gasteiger partial charge is 0.382 e. The number of nitrogen functional groups attached to an aromatic ring is 1. The topological polar surface area (TPSA) is 149 Å². The van der Waals surface area contributed by atoms with Crippen molar-refractivity contribution in [1.82, 2.24) is 14.5 Å². The highest BCUT2D eigenvalue weighted by molar-refractivity contribution is 7.99. The van der Waals surface area contributed by atoms with Crippen molar-refractivity contribution in [2.24, 2.45) is 18.2 Å². The number of hydrogen-bond donors (Lipinski definition) is 3. The van der Waals surface area contributed by atoms with Gasteiger partial charge in [0.15, 0.2) is 0 Å². The Labute approximate surface area is 224 Å². The zero-order chi connectivity index (χ0) is 27.2. The summed E-state index contributed by atoms with van der Waals surface area (Å²) in [7, 11) is -1.98.